The summed E-state index contributed by atoms with van der Waals surface area (Å²) in [6, 6.07) is 4.52. The third-order valence-electron chi connectivity index (χ3n) is 4.21. The topological polar surface area (TPSA) is 57.6 Å². The molecule has 1 unspecified atom stereocenters. The molecule has 2 rings (SSSR count). The fourth-order valence-corrected chi connectivity index (χ4v) is 4.49. The minimum atomic E-state index is -3.50. The van der Waals surface area contributed by atoms with Crippen LogP contribution < -0.4 is 0 Å². The second kappa shape index (κ2) is 7.09. The van der Waals surface area contributed by atoms with Crippen LogP contribution >= 0.6 is 11.6 Å². The van der Waals surface area contributed by atoms with Gasteiger partial charge in [0.05, 0.1) is 11.5 Å². The van der Waals surface area contributed by atoms with Crippen molar-refractivity contribution in [2.24, 2.45) is 5.92 Å². The molecule has 0 aromatic heterocycles. The van der Waals surface area contributed by atoms with Crippen molar-refractivity contribution in [2.45, 2.75) is 44.1 Å². The van der Waals surface area contributed by atoms with E-state index in [9.17, 15) is 13.5 Å². The molecule has 6 heteroatoms. The number of nitrogens with zero attached hydrogens (tertiary/aromatic N) is 1. The summed E-state index contributed by atoms with van der Waals surface area (Å²) in [5.41, 5.74) is 0.444. The number of halogens is 1. The van der Waals surface area contributed by atoms with Crippen molar-refractivity contribution in [3.05, 3.63) is 28.8 Å². The highest BCUT2D eigenvalue weighted by Gasteiger charge is 2.27. The third-order valence-corrected chi connectivity index (χ3v) is 6.47. The zero-order chi connectivity index (χ0) is 15.5. The molecular weight excluding hydrogens is 310 g/mol. The smallest absolute Gasteiger partial charge is 0.243 e. The molecular formula is C15H22ClNO3S. The lowest BCUT2D eigenvalue weighted by atomic mass is 9.98. The van der Waals surface area contributed by atoms with Gasteiger partial charge in [-0.05, 0) is 48.9 Å². The molecule has 0 bridgehead atoms. The maximum atomic E-state index is 12.7. The van der Waals surface area contributed by atoms with Gasteiger partial charge in [-0.15, -0.1) is 0 Å². The molecule has 4 nitrogen and oxygen atoms in total. The molecule has 21 heavy (non-hydrogen) atoms. The van der Waals surface area contributed by atoms with Crippen molar-refractivity contribution in [3.8, 4) is 0 Å². The summed E-state index contributed by atoms with van der Waals surface area (Å²) in [6.07, 6.45) is 4.00. The molecule has 1 aliphatic rings. The Kier molecular flexibility index (Phi) is 5.66. The SMILES string of the molecule is CCC1CCCN(S(=O)(=O)c2ccc(Cl)c(CO)c2)CC1. The average molecular weight is 332 g/mol. The molecule has 1 aliphatic heterocycles. The van der Waals surface area contributed by atoms with Crippen LogP contribution in [0.3, 0.4) is 0 Å². The van der Waals surface area contributed by atoms with Crippen molar-refractivity contribution in [1.82, 2.24) is 4.31 Å². The average Bonchev–Trinajstić information content (AvgIpc) is 2.73. The summed E-state index contributed by atoms with van der Waals surface area (Å²) in [5, 5.41) is 9.63. The number of aliphatic hydroxyl groups is 1. The minimum Gasteiger partial charge on any atom is -0.392 e. The Balaban J connectivity index is 2.25. The molecule has 0 amide bonds. The van der Waals surface area contributed by atoms with Gasteiger partial charge in [0.15, 0.2) is 0 Å². The van der Waals surface area contributed by atoms with E-state index in [4.69, 9.17) is 11.6 Å². The normalized spacial score (nSPS) is 21.2. The third kappa shape index (κ3) is 3.77. The van der Waals surface area contributed by atoms with Crippen molar-refractivity contribution in [3.63, 3.8) is 0 Å². The van der Waals surface area contributed by atoms with Crippen LogP contribution in [0.4, 0.5) is 0 Å². The first kappa shape index (κ1) is 16.7. The van der Waals surface area contributed by atoms with Gasteiger partial charge >= 0.3 is 0 Å². The van der Waals surface area contributed by atoms with E-state index in [0.717, 1.165) is 25.7 Å². The minimum absolute atomic E-state index is 0.214. The largest absolute Gasteiger partial charge is 0.392 e. The monoisotopic (exact) mass is 331 g/mol. The Morgan fingerprint density at radius 2 is 2.10 bits per heavy atom. The van der Waals surface area contributed by atoms with Crippen LogP contribution in [-0.4, -0.2) is 30.9 Å². The number of aliphatic hydroxyl groups excluding tert-OH is 1. The van der Waals surface area contributed by atoms with Crippen molar-refractivity contribution in [2.75, 3.05) is 13.1 Å². The van der Waals surface area contributed by atoms with Gasteiger partial charge in [-0.2, -0.15) is 4.31 Å². The van der Waals surface area contributed by atoms with Gasteiger partial charge in [-0.25, -0.2) is 8.42 Å². The number of hydrogen-bond donors (Lipinski definition) is 1. The second-order valence-corrected chi connectivity index (χ2v) is 7.87. The maximum absolute atomic E-state index is 12.7. The Morgan fingerprint density at radius 3 is 2.76 bits per heavy atom. The first-order valence-corrected chi connectivity index (χ1v) is 9.20. The van der Waals surface area contributed by atoms with E-state index in [0.29, 0.717) is 29.6 Å². The van der Waals surface area contributed by atoms with Crippen LogP contribution in [0.25, 0.3) is 0 Å². The standard InChI is InChI=1S/C15H22ClNO3S/c1-2-12-4-3-8-17(9-7-12)21(19,20)14-5-6-15(16)13(10-14)11-18/h5-6,10,12,18H,2-4,7-9,11H2,1H3. The summed E-state index contributed by atoms with van der Waals surface area (Å²) in [4.78, 5) is 0.214. The van der Waals surface area contributed by atoms with Crippen molar-refractivity contribution in [1.29, 1.82) is 0 Å². The van der Waals surface area contributed by atoms with Crippen LogP contribution in [0.15, 0.2) is 23.1 Å². The Hall–Kier alpha value is -0.620. The van der Waals surface area contributed by atoms with E-state index in [-0.39, 0.29) is 11.5 Å². The summed E-state index contributed by atoms with van der Waals surface area (Å²) < 4.78 is 27.0. The lowest BCUT2D eigenvalue weighted by Crippen LogP contribution is -2.32. The number of sulfonamides is 1. The molecule has 0 spiro atoms. The predicted octanol–water partition coefficient (Wildman–Crippen LogP) is 3.03. The Bertz CT molecular complexity index is 589. The molecule has 1 fully saturated rings. The van der Waals surface area contributed by atoms with E-state index >= 15 is 0 Å². The lowest BCUT2D eigenvalue weighted by molar-refractivity contribution is 0.281. The molecule has 118 valence electrons. The van der Waals surface area contributed by atoms with Crippen LogP contribution in [0.2, 0.25) is 5.02 Å². The first-order chi connectivity index (χ1) is 9.98. The van der Waals surface area contributed by atoms with E-state index in [1.807, 2.05) is 0 Å². The molecule has 1 heterocycles. The first-order valence-electron chi connectivity index (χ1n) is 7.38. The van der Waals surface area contributed by atoms with Crippen LogP contribution in [0, 0.1) is 5.92 Å². The zero-order valence-corrected chi connectivity index (χ0v) is 13.8. The maximum Gasteiger partial charge on any atom is 0.243 e. The fourth-order valence-electron chi connectivity index (χ4n) is 2.77. The predicted molar refractivity (Wildman–Crippen MR) is 83.8 cm³/mol. The van der Waals surface area contributed by atoms with Crippen molar-refractivity contribution >= 4 is 21.6 Å². The molecule has 1 saturated heterocycles. The molecule has 1 aromatic rings. The van der Waals surface area contributed by atoms with Crippen LogP contribution in [0.5, 0.6) is 0 Å². The van der Waals surface area contributed by atoms with Gasteiger partial charge < -0.3 is 5.11 Å². The highest BCUT2D eigenvalue weighted by molar-refractivity contribution is 7.89. The highest BCUT2D eigenvalue weighted by Crippen LogP contribution is 2.27. The summed E-state index contributed by atoms with van der Waals surface area (Å²) >= 11 is 5.93. The van der Waals surface area contributed by atoms with Gasteiger partial charge in [0.25, 0.3) is 0 Å². The number of hydrogen-bond acceptors (Lipinski definition) is 3. The quantitative estimate of drug-likeness (QED) is 0.922. The van der Waals surface area contributed by atoms with Crippen LogP contribution in [0.1, 0.15) is 38.2 Å². The molecule has 1 aromatic carbocycles. The molecule has 0 aliphatic carbocycles. The van der Waals surface area contributed by atoms with E-state index < -0.39 is 10.0 Å². The van der Waals surface area contributed by atoms with Gasteiger partial charge in [0.1, 0.15) is 0 Å². The van der Waals surface area contributed by atoms with Gasteiger partial charge in [0.2, 0.25) is 10.0 Å². The van der Waals surface area contributed by atoms with E-state index in [1.54, 1.807) is 4.31 Å². The van der Waals surface area contributed by atoms with E-state index in [2.05, 4.69) is 6.92 Å². The second-order valence-electron chi connectivity index (χ2n) is 5.52. The molecule has 1 N–H and O–H groups in total. The number of rotatable bonds is 4. The fraction of sp³-hybridized carbons (Fsp3) is 0.600. The lowest BCUT2D eigenvalue weighted by Gasteiger charge is -2.20. The number of benzene rings is 1. The Labute approximate surface area is 131 Å². The summed E-state index contributed by atoms with van der Waals surface area (Å²) in [7, 11) is -3.50. The van der Waals surface area contributed by atoms with Gasteiger partial charge in [0, 0.05) is 18.1 Å². The summed E-state index contributed by atoms with van der Waals surface area (Å²) in [6.45, 7) is 3.02. The van der Waals surface area contributed by atoms with Gasteiger partial charge in [-0.1, -0.05) is 24.9 Å². The highest BCUT2D eigenvalue weighted by atomic mass is 35.5. The van der Waals surface area contributed by atoms with E-state index in [1.165, 1.54) is 18.2 Å². The van der Waals surface area contributed by atoms with Crippen molar-refractivity contribution < 1.29 is 13.5 Å². The molecule has 0 radical (unpaired) electrons. The Morgan fingerprint density at radius 1 is 1.33 bits per heavy atom. The molecule has 0 saturated carbocycles. The summed E-state index contributed by atoms with van der Waals surface area (Å²) in [5.74, 6) is 0.614. The van der Waals surface area contributed by atoms with Gasteiger partial charge in [-0.3, -0.25) is 0 Å². The van der Waals surface area contributed by atoms with Crippen LogP contribution in [-0.2, 0) is 16.6 Å². The molecule has 1 atom stereocenters. The zero-order valence-electron chi connectivity index (χ0n) is 12.3.